The molecule has 300 valence electrons. The van der Waals surface area contributed by atoms with Crippen LogP contribution in [-0.2, 0) is 30.3 Å². The summed E-state index contributed by atoms with van der Waals surface area (Å²) >= 11 is -1.63. The van der Waals surface area contributed by atoms with Gasteiger partial charge >= 0.3 is 286 Å². The number of fused-ring (bicyclic) bond motifs is 7. The Balaban J connectivity index is 1.14. The number of benzene rings is 1. The van der Waals surface area contributed by atoms with Crippen molar-refractivity contribution in [2.75, 3.05) is 25.2 Å². The Morgan fingerprint density at radius 1 is 0.944 bits per heavy atom. The Bertz CT molecular complexity index is 1630. The quantitative estimate of drug-likeness (QED) is 0.120. The molecule has 4 aliphatic carbocycles. The number of hydrogen-bond donors (Lipinski definition) is 3. The average Bonchev–Trinajstić information content (AvgIpc) is 3.56. The van der Waals surface area contributed by atoms with E-state index < -0.39 is 43.7 Å². The summed E-state index contributed by atoms with van der Waals surface area (Å²) in [7, 11) is 2.52. The number of methoxy groups -OCH3 is 2. The van der Waals surface area contributed by atoms with Gasteiger partial charge < -0.3 is 9.47 Å². The van der Waals surface area contributed by atoms with Crippen molar-refractivity contribution in [3.05, 3.63) is 45.6 Å². The number of ether oxygens (including phenoxy) is 2. The van der Waals surface area contributed by atoms with Crippen LogP contribution >= 0.6 is 19.8 Å². The van der Waals surface area contributed by atoms with Gasteiger partial charge in [0.15, 0.2) is 0 Å². The molecule has 3 N–H and O–H groups in total. The van der Waals surface area contributed by atoms with E-state index in [-0.39, 0.29) is 46.5 Å². The fourth-order valence-corrected chi connectivity index (χ4v) is 21.4. The van der Waals surface area contributed by atoms with Crippen LogP contribution in [0.5, 0.6) is 0 Å². The van der Waals surface area contributed by atoms with E-state index in [4.69, 9.17) is 4.74 Å². The summed E-state index contributed by atoms with van der Waals surface area (Å²) in [6, 6.07) is 6.27. The zero-order valence-electron chi connectivity index (χ0n) is 33.7. The molecule has 0 spiro atoms. The summed E-state index contributed by atoms with van der Waals surface area (Å²) in [5, 5.41) is 17.2. The van der Waals surface area contributed by atoms with Gasteiger partial charge in [0.05, 0.1) is 14.2 Å². The second kappa shape index (κ2) is 15.8. The monoisotopic (exact) mass is 860 g/mol. The number of carbonyl (C=O) groups is 4. The first-order chi connectivity index (χ1) is 25.5. The Hall–Kier alpha value is -2.47. The molecule has 54 heavy (non-hydrogen) atoms. The third-order valence-electron chi connectivity index (χ3n) is 15.5. The van der Waals surface area contributed by atoms with E-state index in [0.29, 0.717) is 46.1 Å². The first-order valence-corrected chi connectivity index (χ1v) is 24.2. The number of nitrogens with one attached hydrogen (secondary N) is 2. The van der Waals surface area contributed by atoms with Gasteiger partial charge in [-0.15, -0.1) is 0 Å². The predicted octanol–water partition coefficient (Wildman–Crippen LogP) is 7.41. The van der Waals surface area contributed by atoms with Crippen molar-refractivity contribution in [2.45, 2.75) is 128 Å². The number of esters is 2. The molecule has 2 amide bonds. The fraction of sp³-hybridized carbons (Fsp3) is 0.727. The minimum atomic E-state index is -1.63. The summed E-state index contributed by atoms with van der Waals surface area (Å²) in [5.74, 6) is 1.12. The van der Waals surface area contributed by atoms with Crippen molar-refractivity contribution < 1.29 is 33.8 Å². The molecule has 10 heteroatoms. The van der Waals surface area contributed by atoms with Gasteiger partial charge in [0.1, 0.15) is 0 Å². The zero-order chi connectivity index (χ0) is 39.2. The van der Waals surface area contributed by atoms with Gasteiger partial charge in [0, 0.05) is 6.42 Å². The van der Waals surface area contributed by atoms with E-state index in [9.17, 15) is 24.3 Å². The number of alkyl halides is 2. The van der Waals surface area contributed by atoms with Crippen molar-refractivity contribution in [3.8, 4) is 0 Å². The molecule has 5 fully saturated rings. The molecule has 6 rings (SSSR count). The SMILES string of the molecule is C=C(C)I1CCC2(C(=O)NCCc3cccc(C(=O)NC(CCC(=O)OC)C(=O)OC)c3)CCC3C(CCC4C3(C)CCC3C(C)(C)C(O)CCC34C)C12. The van der Waals surface area contributed by atoms with E-state index in [1.165, 1.54) is 47.9 Å². The number of rotatable bonds is 11. The summed E-state index contributed by atoms with van der Waals surface area (Å²) < 4.78 is 12.5. The van der Waals surface area contributed by atoms with Gasteiger partial charge in [-0.3, -0.25) is 4.79 Å². The van der Waals surface area contributed by atoms with Crippen LogP contribution in [0.2, 0.25) is 0 Å². The number of hydrogen-bond acceptors (Lipinski definition) is 7. The molecule has 0 aromatic heterocycles. The Labute approximate surface area is 330 Å². The molecule has 1 aliphatic heterocycles. The van der Waals surface area contributed by atoms with E-state index in [2.05, 4.69) is 56.6 Å². The van der Waals surface area contributed by atoms with Crippen LogP contribution < -0.4 is 10.6 Å². The van der Waals surface area contributed by atoms with Crippen LogP contribution in [0.3, 0.4) is 0 Å². The third kappa shape index (κ3) is 7.17. The van der Waals surface area contributed by atoms with Crippen LogP contribution in [0.15, 0.2) is 34.4 Å². The van der Waals surface area contributed by atoms with E-state index in [1.807, 2.05) is 12.1 Å². The van der Waals surface area contributed by atoms with E-state index in [1.54, 1.807) is 12.1 Å². The van der Waals surface area contributed by atoms with Crippen molar-refractivity contribution in [2.24, 2.45) is 45.3 Å². The number of allylic oxidation sites excluding steroid dienone is 1. The number of halogens is 1. The van der Waals surface area contributed by atoms with Crippen LogP contribution in [0.1, 0.15) is 121 Å². The molecule has 1 aromatic rings. The fourth-order valence-electron chi connectivity index (χ4n) is 12.8. The Morgan fingerprint density at radius 3 is 2.39 bits per heavy atom. The van der Waals surface area contributed by atoms with Gasteiger partial charge in [0.2, 0.25) is 0 Å². The van der Waals surface area contributed by atoms with Gasteiger partial charge in [0.25, 0.3) is 0 Å². The zero-order valence-corrected chi connectivity index (χ0v) is 35.9. The topological polar surface area (TPSA) is 131 Å². The normalized spacial score (nSPS) is 36.3. The van der Waals surface area contributed by atoms with Gasteiger partial charge in [-0.05, 0) is 6.42 Å². The molecule has 1 aromatic carbocycles. The molecule has 0 bridgehead atoms. The first-order valence-electron chi connectivity index (χ1n) is 20.3. The molecule has 10 unspecified atom stereocenters. The second-order valence-corrected chi connectivity index (χ2v) is 24.9. The summed E-state index contributed by atoms with van der Waals surface area (Å²) in [5.41, 5.74) is 1.46. The van der Waals surface area contributed by atoms with Crippen molar-refractivity contribution >= 4 is 43.6 Å². The molecule has 10 atom stereocenters. The van der Waals surface area contributed by atoms with Crippen molar-refractivity contribution in [3.63, 3.8) is 0 Å². The van der Waals surface area contributed by atoms with E-state index in [0.717, 1.165) is 37.7 Å². The van der Waals surface area contributed by atoms with Gasteiger partial charge in [-0.25, -0.2) is 4.79 Å². The van der Waals surface area contributed by atoms with E-state index >= 15 is 0 Å². The van der Waals surface area contributed by atoms with Crippen LogP contribution in [0.4, 0.5) is 0 Å². The molecule has 1 heterocycles. The maximum absolute atomic E-state index is 14.6. The number of amides is 2. The summed E-state index contributed by atoms with van der Waals surface area (Å²) in [6.07, 6.45) is 10.4. The maximum atomic E-state index is 14.6. The Morgan fingerprint density at radius 2 is 1.69 bits per heavy atom. The number of aliphatic hydroxyl groups excluding tert-OH is 1. The van der Waals surface area contributed by atoms with Crippen molar-refractivity contribution in [1.82, 2.24) is 10.6 Å². The average molecular weight is 861 g/mol. The summed E-state index contributed by atoms with van der Waals surface area (Å²) in [4.78, 5) is 51.7. The standard InChI is InChI=1S/C44H65IN2O7/c1-27(2)45-24-23-44(40(52)46-25-19-28-10-9-11-29(26-28)38(50)47-32(39(51)54-8)13-15-36(49)53-7)22-16-31-30(37(44)45)12-14-34-42(31,5)20-17-33-41(3,4)35(48)18-21-43(33,34)6/h9-11,26,30-35,37,48H,1,12-25H2,2-8H3,(H,46,52)(H,47,50). The molecular formula is C44H65IN2O7. The molecular weight excluding hydrogens is 795 g/mol. The molecule has 0 radical (unpaired) electrons. The first kappa shape index (κ1) is 41.2. The van der Waals surface area contributed by atoms with Gasteiger partial charge in [-0.1, -0.05) is 0 Å². The molecule has 9 nitrogen and oxygen atoms in total. The Kier molecular flexibility index (Phi) is 12.1. The number of aliphatic hydroxyl groups is 1. The van der Waals surface area contributed by atoms with Crippen LogP contribution in [0.25, 0.3) is 0 Å². The number of carbonyl (C=O) groups excluding carboxylic acids is 4. The molecule has 4 saturated carbocycles. The second-order valence-electron chi connectivity index (χ2n) is 18.4. The summed E-state index contributed by atoms with van der Waals surface area (Å²) in [6.45, 7) is 17.1. The van der Waals surface area contributed by atoms with Crippen LogP contribution in [-0.4, -0.2) is 70.1 Å². The van der Waals surface area contributed by atoms with Crippen LogP contribution in [0, 0.1) is 45.3 Å². The third-order valence-corrected chi connectivity index (χ3v) is 23.3. The molecule has 1 saturated heterocycles. The molecule has 5 aliphatic rings. The van der Waals surface area contributed by atoms with Crippen molar-refractivity contribution in [1.29, 1.82) is 0 Å². The van der Waals surface area contributed by atoms with Gasteiger partial charge in [-0.2, -0.15) is 0 Å². The minimum absolute atomic E-state index is 0.0279. The predicted molar refractivity (Wildman–Crippen MR) is 219 cm³/mol.